The smallest absolute Gasteiger partial charge is 0.188 e. The van der Waals surface area contributed by atoms with Crippen LogP contribution < -0.4 is 0 Å². The van der Waals surface area contributed by atoms with Gasteiger partial charge in [-0.15, -0.1) is 0 Å². The number of rotatable bonds is 6. The van der Waals surface area contributed by atoms with Gasteiger partial charge in [-0.1, -0.05) is 0 Å². The van der Waals surface area contributed by atoms with Crippen LogP contribution in [0.4, 0.5) is 8.78 Å². The average molecular weight is 314 g/mol. The van der Waals surface area contributed by atoms with E-state index in [4.69, 9.17) is 4.74 Å². The molecule has 2 aromatic rings. The maximum Gasteiger partial charge on any atom is 0.188 e. The highest BCUT2D eigenvalue weighted by Gasteiger charge is 2.02. The summed E-state index contributed by atoms with van der Waals surface area (Å²) in [5, 5.41) is 0. The maximum absolute atomic E-state index is 12.7. The lowest BCUT2D eigenvalue weighted by atomic mass is 10.1. The van der Waals surface area contributed by atoms with Crippen molar-refractivity contribution in [2.75, 3.05) is 0 Å². The summed E-state index contributed by atoms with van der Waals surface area (Å²) in [6.07, 6.45) is 4.53. The molecule has 116 valence electrons. The first-order valence-corrected chi connectivity index (χ1v) is 6.64. The number of hydrogen-bond donors (Lipinski definition) is 0. The number of hydrogen-bond acceptors (Lipinski definition) is 3. The second-order valence-electron chi connectivity index (χ2n) is 4.48. The summed E-state index contributed by atoms with van der Waals surface area (Å²) in [7, 11) is 0. The Morgan fingerprint density at radius 2 is 1.04 bits per heavy atom. The minimum absolute atomic E-state index is 0.317. The molecule has 0 aromatic heterocycles. The molecule has 0 N–H and O–H groups in total. The van der Waals surface area contributed by atoms with Crippen molar-refractivity contribution in [2.45, 2.75) is 0 Å². The summed E-state index contributed by atoms with van der Waals surface area (Å²) < 4.78 is 30.4. The van der Waals surface area contributed by atoms with E-state index in [1.807, 2.05) is 0 Å². The lowest BCUT2D eigenvalue weighted by molar-refractivity contribution is 0.103. The third kappa shape index (κ3) is 5.00. The van der Waals surface area contributed by atoms with Gasteiger partial charge in [0.15, 0.2) is 11.6 Å². The molecule has 0 atom stereocenters. The molecule has 2 rings (SSSR count). The van der Waals surface area contributed by atoms with Crippen LogP contribution >= 0.6 is 0 Å². The van der Waals surface area contributed by atoms with E-state index in [0.29, 0.717) is 11.1 Å². The largest absolute Gasteiger partial charge is 0.472 e. The SMILES string of the molecule is O=C(C=COC=CC(=O)c1ccc(F)cc1)c1ccc(F)cc1. The van der Waals surface area contributed by atoms with Crippen LogP contribution in [0.1, 0.15) is 20.7 Å². The molecule has 0 aliphatic rings. The zero-order valence-electron chi connectivity index (χ0n) is 11.9. The molecule has 0 saturated carbocycles. The summed E-state index contributed by atoms with van der Waals surface area (Å²) in [4.78, 5) is 23.4. The first-order chi connectivity index (χ1) is 11.1. The molecular weight excluding hydrogens is 302 g/mol. The van der Waals surface area contributed by atoms with Crippen LogP contribution in [0.25, 0.3) is 0 Å². The number of allylic oxidation sites excluding steroid dienone is 2. The van der Waals surface area contributed by atoms with E-state index in [-0.39, 0.29) is 11.6 Å². The van der Waals surface area contributed by atoms with Gasteiger partial charge in [-0.05, 0) is 48.5 Å². The molecule has 3 nitrogen and oxygen atoms in total. The number of ketones is 2. The fourth-order valence-corrected chi connectivity index (χ4v) is 1.67. The Morgan fingerprint density at radius 3 is 1.39 bits per heavy atom. The zero-order chi connectivity index (χ0) is 16.7. The molecule has 0 spiro atoms. The third-order valence-corrected chi connectivity index (χ3v) is 2.85. The van der Waals surface area contributed by atoms with Crippen LogP contribution in [0.5, 0.6) is 0 Å². The van der Waals surface area contributed by atoms with Crippen molar-refractivity contribution in [1.82, 2.24) is 0 Å². The second-order valence-corrected chi connectivity index (χ2v) is 4.48. The van der Waals surface area contributed by atoms with Gasteiger partial charge in [0.25, 0.3) is 0 Å². The molecule has 2 aromatic carbocycles. The zero-order valence-corrected chi connectivity index (χ0v) is 11.9. The highest BCUT2D eigenvalue weighted by molar-refractivity contribution is 6.04. The molecule has 0 bridgehead atoms. The van der Waals surface area contributed by atoms with E-state index in [0.717, 1.165) is 24.7 Å². The van der Waals surface area contributed by atoms with Gasteiger partial charge in [0, 0.05) is 23.3 Å². The maximum atomic E-state index is 12.7. The van der Waals surface area contributed by atoms with Crippen molar-refractivity contribution in [3.8, 4) is 0 Å². The standard InChI is InChI=1S/C18H12F2O3/c19-15-5-1-13(2-6-15)17(21)9-11-23-12-10-18(22)14-3-7-16(20)8-4-14/h1-12H. The number of carbonyl (C=O) groups excluding carboxylic acids is 2. The van der Waals surface area contributed by atoms with Crippen molar-refractivity contribution in [1.29, 1.82) is 0 Å². The fraction of sp³-hybridized carbons (Fsp3) is 0. The van der Waals surface area contributed by atoms with Crippen molar-refractivity contribution >= 4 is 11.6 Å². The number of carbonyl (C=O) groups is 2. The van der Waals surface area contributed by atoms with Gasteiger partial charge in [0.2, 0.25) is 0 Å². The second kappa shape index (κ2) is 7.79. The summed E-state index contributed by atoms with van der Waals surface area (Å²) in [6, 6.07) is 10.2. The van der Waals surface area contributed by atoms with E-state index in [1.165, 1.54) is 48.5 Å². The van der Waals surface area contributed by atoms with Crippen molar-refractivity contribution in [3.05, 3.63) is 96.0 Å². The highest BCUT2D eigenvalue weighted by Crippen LogP contribution is 2.06. The van der Waals surface area contributed by atoms with Gasteiger partial charge in [-0.2, -0.15) is 0 Å². The first-order valence-electron chi connectivity index (χ1n) is 6.64. The molecule has 0 aliphatic heterocycles. The molecular formula is C18H12F2O3. The molecule has 0 heterocycles. The van der Waals surface area contributed by atoms with Crippen molar-refractivity contribution in [3.63, 3.8) is 0 Å². The van der Waals surface area contributed by atoms with Crippen LogP contribution in [0.2, 0.25) is 0 Å². The molecule has 0 amide bonds. The third-order valence-electron chi connectivity index (χ3n) is 2.85. The summed E-state index contributed by atoms with van der Waals surface area (Å²) >= 11 is 0. The Balaban J connectivity index is 1.86. The Bertz CT molecular complexity index is 679. The van der Waals surface area contributed by atoms with Gasteiger partial charge < -0.3 is 4.74 Å². The van der Waals surface area contributed by atoms with Gasteiger partial charge in [-0.3, -0.25) is 9.59 Å². The Kier molecular flexibility index (Phi) is 5.52. The van der Waals surface area contributed by atoms with E-state index >= 15 is 0 Å². The van der Waals surface area contributed by atoms with Crippen LogP contribution in [0, 0.1) is 11.6 Å². The van der Waals surface area contributed by atoms with Gasteiger partial charge in [-0.25, -0.2) is 8.78 Å². The Morgan fingerprint density at radius 1 is 0.696 bits per heavy atom. The highest BCUT2D eigenvalue weighted by atomic mass is 19.1. The molecule has 0 radical (unpaired) electrons. The van der Waals surface area contributed by atoms with Gasteiger partial charge >= 0.3 is 0 Å². The lowest BCUT2D eigenvalue weighted by Crippen LogP contribution is -1.95. The van der Waals surface area contributed by atoms with Crippen molar-refractivity contribution in [2.24, 2.45) is 0 Å². The molecule has 23 heavy (non-hydrogen) atoms. The monoisotopic (exact) mass is 314 g/mol. The van der Waals surface area contributed by atoms with E-state index in [1.54, 1.807) is 0 Å². The predicted molar refractivity (Wildman–Crippen MR) is 80.8 cm³/mol. The molecule has 0 fully saturated rings. The fourth-order valence-electron chi connectivity index (χ4n) is 1.67. The topological polar surface area (TPSA) is 43.4 Å². The summed E-state index contributed by atoms with van der Waals surface area (Å²) in [5.74, 6) is -1.57. The van der Waals surface area contributed by atoms with E-state index in [9.17, 15) is 18.4 Å². The number of benzene rings is 2. The normalized spacial score (nSPS) is 11.0. The first kappa shape index (κ1) is 16.3. The van der Waals surface area contributed by atoms with Crippen molar-refractivity contribution < 1.29 is 23.1 Å². The summed E-state index contributed by atoms with van der Waals surface area (Å²) in [5.41, 5.74) is 0.634. The minimum atomic E-state index is -0.427. The molecule has 0 aliphatic carbocycles. The molecule has 5 heteroatoms. The van der Waals surface area contributed by atoms with Crippen LogP contribution in [0.15, 0.2) is 73.2 Å². The molecule has 0 unspecified atom stereocenters. The number of ether oxygens (including phenoxy) is 1. The number of halogens is 2. The summed E-state index contributed by atoms with van der Waals surface area (Å²) in [6.45, 7) is 0. The van der Waals surface area contributed by atoms with Crippen LogP contribution in [0.3, 0.4) is 0 Å². The van der Waals surface area contributed by atoms with E-state index < -0.39 is 11.6 Å². The minimum Gasteiger partial charge on any atom is -0.472 e. The van der Waals surface area contributed by atoms with Gasteiger partial charge in [0.1, 0.15) is 11.6 Å². The van der Waals surface area contributed by atoms with Crippen LogP contribution in [-0.2, 0) is 4.74 Å². The predicted octanol–water partition coefficient (Wildman–Crippen LogP) is 4.07. The van der Waals surface area contributed by atoms with Crippen LogP contribution in [-0.4, -0.2) is 11.6 Å². The van der Waals surface area contributed by atoms with E-state index in [2.05, 4.69) is 0 Å². The Labute approximate surface area is 131 Å². The van der Waals surface area contributed by atoms with Gasteiger partial charge in [0.05, 0.1) is 12.5 Å². The lowest BCUT2D eigenvalue weighted by Gasteiger charge is -1.96. The molecule has 0 saturated heterocycles. The quantitative estimate of drug-likeness (QED) is 0.458. The average Bonchev–Trinajstić information content (AvgIpc) is 2.55. The Hall–Kier alpha value is -3.08.